The zero-order valence-corrected chi connectivity index (χ0v) is 12.7. The molecule has 0 aliphatic carbocycles. The summed E-state index contributed by atoms with van der Waals surface area (Å²) in [7, 11) is 0. The molecule has 0 heterocycles. The van der Waals surface area contributed by atoms with Gasteiger partial charge in [-0.05, 0) is 54.7 Å². The third-order valence-corrected chi connectivity index (χ3v) is 3.12. The van der Waals surface area contributed by atoms with E-state index in [4.69, 9.17) is 47.0 Å². The first-order valence-electron chi connectivity index (χ1n) is 5.32. The van der Waals surface area contributed by atoms with E-state index in [0.29, 0.717) is 20.2 Å². The molecule has 2 aromatic rings. The van der Waals surface area contributed by atoms with Gasteiger partial charge in [0, 0.05) is 26.4 Å². The van der Waals surface area contributed by atoms with Crippen LogP contribution >= 0.6 is 47.0 Å². The van der Waals surface area contributed by atoms with Crippen LogP contribution in [0.5, 0.6) is 0 Å². The molecule has 0 bridgehead atoms. The molecular weight excluding hydrogens is 323 g/mol. The molecular formula is C13H9Cl3N2S. The Labute approximate surface area is 131 Å². The first-order valence-corrected chi connectivity index (χ1v) is 6.87. The lowest BCUT2D eigenvalue weighted by atomic mass is 10.3. The molecule has 2 aromatic carbocycles. The van der Waals surface area contributed by atoms with E-state index in [-0.39, 0.29) is 0 Å². The average molecular weight is 332 g/mol. The molecule has 0 aliphatic heterocycles. The summed E-state index contributed by atoms with van der Waals surface area (Å²) in [6, 6.07) is 12.4. The number of nitrogens with one attached hydrogen (secondary N) is 2. The second-order valence-electron chi connectivity index (χ2n) is 3.74. The Bertz CT molecular complexity index is 579. The molecule has 0 saturated heterocycles. The molecule has 0 spiro atoms. The van der Waals surface area contributed by atoms with Crippen molar-refractivity contribution in [1.29, 1.82) is 0 Å². The summed E-state index contributed by atoms with van der Waals surface area (Å²) in [6.07, 6.45) is 0. The number of anilines is 2. The van der Waals surface area contributed by atoms with Gasteiger partial charge >= 0.3 is 0 Å². The van der Waals surface area contributed by atoms with E-state index in [2.05, 4.69) is 10.6 Å². The minimum atomic E-state index is 0.445. The monoisotopic (exact) mass is 330 g/mol. The molecule has 0 radical (unpaired) electrons. The maximum atomic E-state index is 5.91. The predicted octanol–water partition coefficient (Wildman–Crippen LogP) is 5.46. The van der Waals surface area contributed by atoms with Gasteiger partial charge in [-0.3, -0.25) is 0 Å². The van der Waals surface area contributed by atoms with Crippen molar-refractivity contribution in [1.82, 2.24) is 0 Å². The van der Waals surface area contributed by atoms with Crippen molar-refractivity contribution in [2.45, 2.75) is 0 Å². The van der Waals surface area contributed by atoms with Crippen LogP contribution in [0.2, 0.25) is 15.1 Å². The standard InChI is InChI=1S/C13H9Cl3N2S/c14-8-1-3-11(4-2-8)17-13(19)18-12-6-9(15)5-10(16)7-12/h1-7H,(H2,17,18,19). The lowest BCUT2D eigenvalue weighted by molar-refractivity contribution is 1.59. The minimum absolute atomic E-state index is 0.445. The van der Waals surface area contributed by atoms with Gasteiger partial charge in [0.15, 0.2) is 5.11 Å². The van der Waals surface area contributed by atoms with E-state index >= 15 is 0 Å². The molecule has 98 valence electrons. The number of hydrogen-bond donors (Lipinski definition) is 2. The Morgan fingerprint density at radius 1 is 0.737 bits per heavy atom. The molecule has 0 fully saturated rings. The van der Waals surface area contributed by atoms with Gasteiger partial charge in [0.1, 0.15) is 0 Å². The summed E-state index contributed by atoms with van der Waals surface area (Å²) in [5, 5.41) is 8.25. The third kappa shape index (κ3) is 4.55. The first-order chi connectivity index (χ1) is 9.02. The van der Waals surface area contributed by atoms with Crippen LogP contribution < -0.4 is 10.6 Å². The van der Waals surface area contributed by atoms with Crippen molar-refractivity contribution in [2.75, 3.05) is 10.6 Å². The fourth-order valence-corrected chi connectivity index (χ4v) is 2.34. The van der Waals surface area contributed by atoms with Crippen molar-refractivity contribution >= 4 is 63.5 Å². The van der Waals surface area contributed by atoms with Gasteiger partial charge in [-0.1, -0.05) is 34.8 Å². The van der Waals surface area contributed by atoms with Crippen LogP contribution in [-0.2, 0) is 0 Å². The maximum Gasteiger partial charge on any atom is 0.175 e. The van der Waals surface area contributed by atoms with Crippen LogP contribution in [0, 0.1) is 0 Å². The second kappa shape index (κ2) is 6.44. The van der Waals surface area contributed by atoms with Crippen molar-refractivity contribution in [3.63, 3.8) is 0 Å². The van der Waals surface area contributed by atoms with Crippen LogP contribution in [0.25, 0.3) is 0 Å². The van der Waals surface area contributed by atoms with E-state index in [0.717, 1.165) is 11.4 Å². The SMILES string of the molecule is S=C(Nc1ccc(Cl)cc1)Nc1cc(Cl)cc(Cl)c1. The molecule has 0 unspecified atom stereocenters. The van der Waals surface area contributed by atoms with Crippen LogP contribution in [0.15, 0.2) is 42.5 Å². The molecule has 6 heteroatoms. The van der Waals surface area contributed by atoms with Crippen LogP contribution in [-0.4, -0.2) is 5.11 Å². The highest BCUT2D eigenvalue weighted by molar-refractivity contribution is 7.80. The van der Waals surface area contributed by atoms with Gasteiger partial charge in [0.05, 0.1) is 0 Å². The highest BCUT2D eigenvalue weighted by Gasteiger charge is 2.01. The van der Waals surface area contributed by atoms with Gasteiger partial charge in [-0.15, -0.1) is 0 Å². The Morgan fingerprint density at radius 2 is 1.26 bits per heavy atom. The van der Waals surface area contributed by atoms with Crippen LogP contribution in [0.3, 0.4) is 0 Å². The summed E-state index contributed by atoms with van der Waals surface area (Å²) in [4.78, 5) is 0. The topological polar surface area (TPSA) is 24.1 Å². The molecule has 2 rings (SSSR count). The molecule has 0 atom stereocenters. The molecule has 2 nitrogen and oxygen atoms in total. The van der Waals surface area contributed by atoms with Gasteiger partial charge in [-0.25, -0.2) is 0 Å². The van der Waals surface area contributed by atoms with Crippen molar-refractivity contribution in [2.24, 2.45) is 0 Å². The van der Waals surface area contributed by atoms with Crippen molar-refractivity contribution in [3.05, 3.63) is 57.5 Å². The normalized spacial score (nSPS) is 10.1. The van der Waals surface area contributed by atoms with Gasteiger partial charge in [-0.2, -0.15) is 0 Å². The third-order valence-electron chi connectivity index (χ3n) is 2.22. The largest absolute Gasteiger partial charge is 0.332 e. The predicted molar refractivity (Wildman–Crippen MR) is 87.8 cm³/mol. The van der Waals surface area contributed by atoms with E-state index in [1.54, 1.807) is 30.3 Å². The van der Waals surface area contributed by atoms with E-state index in [1.807, 2.05) is 12.1 Å². The molecule has 19 heavy (non-hydrogen) atoms. The molecule has 2 N–H and O–H groups in total. The number of hydrogen-bond acceptors (Lipinski definition) is 1. The molecule has 0 amide bonds. The van der Waals surface area contributed by atoms with Crippen molar-refractivity contribution < 1.29 is 0 Å². The molecule has 0 saturated carbocycles. The Hall–Kier alpha value is -1.000. The summed E-state index contributed by atoms with van der Waals surface area (Å²) in [5.74, 6) is 0. The molecule has 0 aliphatic rings. The number of benzene rings is 2. The number of thiocarbonyl (C=S) groups is 1. The fraction of sp³-hybridized carbons (Fsp3) is 0. The summed E-state index contributed by atoms with van der Waals surface area (Å²) >= 11 is 22.8. The number of rotatable bonds is 2. The summed E-state index contributed by atoms with van der Waals surface area (Å²) in [6.45, 7) is 0. The summed E-state index contributed by atoms with van der Waals surface area (Å²) in [5.41, 5.74) is 1.57. The average Bonchev–Trinajstić information content (AvgIpc) is 2.30. The van der Waals surface area contributed by atoms with Crippen LogP contribution in [0.4, 0.5) is 11.4 Å². The van der Waals surface area contributed by atoms with Gasteiger partial charge in [0.25, 0.3) is 0 Å². The van der Waals surface area contributed by atoms with E-state index in [9.17, 15) is 0 Å². The smallest absolute Gasteiger partial charge is 0.175 e. The fourth-order valence-electron chi connectivity index (χ4n) is 1.45. The first kappa shape index (κ1) is 14.4. The lowest BCUT2D eigenvalue weighted by Gasteiger charge is -2.11. The zero-order chi connectivity index (χ0) is 13.8. The maximum absolute atomic E-state index is 5.91. The minimum Gasteiger partial charge on any atom is -0.332 e. The lowest BCUT2D eigenvalue weighted by Crippen LogP contribution is -2.18. The van der Waals surface area contributed by atoms with E-state index in [1.165, 1.54) is 0 Å². The Balaban J connectivity index is 2.03. The zero-order valence-electron chi connectivity index (χ0n) is 9.58. The van der Waals surface area contributed by atoms with Gasteiger partial charge < -0.3 is 10.6 Å². The Morgan fingerprint density at radius 3 is 1.84 bits per heavy atom. The van der Waals surface area contributed by atoms with E-state index < -0.39 is 0 Å². The number of halogens is 3. The van der Waals surface area contributed by atoms with Crippen molar-refractivity contribution in [3.8, 4) is 0 Å². The Kier molecular flexibility index (Phi) is 4.88. The summed E-state index contributed by atoms with van der Waals surface area (Å²) < 4.78 is 0. The second-order valence-corrected chi connectivity index (χ2v) is 5.46. The highest BCUT2D eigenvalue weighted by atomic mass is 35.5. The quantitative estimate of drug-likeness (QED) is 0.715. The molecule has 0 aromatic heterocycles. The van der Waals surface area contributed by atoms with Crippen LogP contribution in [0.1, 0.15) is 0 Å². The van der Waals surface area contributed by atoms with Gasteiger partial charge in [0.2, 0.25) is 0 Å². The highest BCUT2D eigenvalue weighted by Crippen LogP contribution is 2.22.